The van der Waals surface area contributed by atoms with Crippen molar-refractivity contribution in [2.24, 2.45) is 5.73 Å². The summed E-state index contributed by atoms with van der Waals surface area (Å²) in [5, 5.41) is 0. The van der Waals surface area contributed by atoms with Crippen LogP contribution in [-0.4, -0.2) is 18.3 Å². The Bertz CT molecular complexity index is 390. The molecular weight excluding hydrogens is 218 g/mol. The number of amides is 1. The molecule has 1 aromatic carbocycles. The highest BCUT2D eigenvalue weighted by Crippen LogP contribution is 2.16. The summed E-state index contributed by atoms with van der Waals surface area (Å²) in [7, 11) is 0. The summed E-state index contributed by atoms with van der Waals surface area (Å²) in [4.78, 5) is 21.8. The van der Waals surface area contributed by atoms with Crippen LogP contribution in [0.3, 0.4) is 0 Å². The molecule has 1 rings (SSSR count). The molecule has 17 heavy (non-hydrogen) atoms. The molecule has 1 aromatic rings. The highest BCUT2D eigenvalue weighted by Gasteiger charge is 2.16. The van der Waals surface area contributed by atoms with Gasteiger partial charge in [0.2, 0.25) is 0 Å². The van der Waals surface area contributed by atoms with E-state index >= 15 is 0 Å². The largest absolute Gasteiger partial charge is 0.481 e. The molecule has 2 N–H and O–H groups in total. The van der Waals surface area contributed by atoms with E-state index in [1.54, 1.807) is 24.3 Å². The zero-order chi connectivity index (χ0) is 12.7. The topological polar surface area (TPSA) is 69.4 Å². The van der Waals surface area contributed by atoms with Crippen molar-refractivity contribution < 1.29 is 14.3 Å². The number of hydrogen-bond donors (Lipinski definition) is 1. The van der Waals surface area contributed by atoms with Gasteiger partial charge in [0.25, 0.3) is 5.91 Å². The van der Waals surface area contributed by atoms with Crippen LogP contribution < -0.4 is 10.5 Å². The Morgan fingerprint density at radius 3 is 2.88 bits per heavy atom. The fraction of sp³-hybridized carbons (Fsp3) is 0.385. The van der Waals surface area contributed by atoms with Crippen LogP contribution in [0.4, 0.5) is 0 Å². The molecule has 0 aromatic heterocycles. The number of primary amides is 1. The number of ether oxygens (including phenoxy) is 1. The Hall–Kier alpha value is -1.84. The maximum Gasteiger partial charge on any atom is 0.258 e. The van der Waals surface area contributed by atoms with Gasteiger partial charge in [0.05, 0.1) is 0 Å². The third-order valence-corrected chi connectivity index (χ3v) is 2.41. The third-order valence-electron chi connectivity index (χ3n) is 2.41. The number of carbonyl (C=O) groups excluding carboxylic acids is 2. The van der Waals surface area contributed by atoms with E-state index in [4.69, 9.17) is 10.5 Å². The number of nitrogens with two attached hydrogens (primary N) is 1. The molecule has 0 heterocycles. The standard InChI is InChI=1S/C13H17NO3/c1-2-3-7-12(13(14)16)17-11-6-4-5-10(8-11)9-15/h4-6,8-9,12H,2-3,7H2,1H3,(H2,14,16). The lowest BCUT2D eigenvalue weighted by Gasteiger charge is -2.15. The summed E-state index contributed by atoms with van der Waals surface area (Å²) < 4.78 is 5.49. The summed E-state index contributed by atoms with van der Waals surface area (Å²) in [6, 6.07) is 6.67. The summed E-state index contributed by atoms with van der Waals surface area (Å²) in [6.07, 6.45) is 2.55. The Kier molecular flexibility index (Phi) is 5.20. The van der Waals surface area contributed by atoms with E-state index in [1.807, 2.05) is 6.92 Å². The predicted octanol–water partition coefficient (Wildman–Crippen LogP) is 1.92. The molecular formula is C13H17NO3. The second kappa shape index (κ2) is 6.68. The SMILES string of the molecule is CCCCC(Oc1cccc(C=O)c1)C(N)=O. The number of hydrogen-bond acceptors (Lipinski definition) is 3. The normalized spacial score (nSPS) is 11.8. The minimum Gasteiger partial charge on any atom is -0.481 e. The van der Waals surface area contributed by atoms with Crippen molar-refractivity contribution >= 4 is 12.2 Å². The van der Waals surface area contributed by atoms with Crippen LogP contribution in [0.2, 0.25) is 0 Å². The van der Waals surface area contributed by atoms with Crippen LogP contribution in [0.15, 0.2) is 24.3 Å². The average molecular weight is 235 g/mol. The van der Waals surface area contributed by atoms with Crippen LogP contribution in [0.1, 0.15) is 36.5 Å². The molecule has 1 unspecified atom stereocenters. The van der Waals surface area contributed by atoms with E-state index in [1.165, 1.54) is 0 Å². The van der Waals surface area contributed by atoms with Gasteiger partial charge in [-0.15, -0.1) is 0 Å². The van der Waals surface area contributed by atoms with Gasteiger partial charge in [0, 0.05) is 5.56 Å². The van der Waals surface area contributed by atoms with E-state index < -0.39 is 12.0 Å². The minimum absolute atomic E-state index is 0.477. The van der Waals surface area contributed by atoms with Crippen LogP contribution in [0.5, 0.6) is 5.75 Å². The first kappa shape index (κ1) is 13.2. The van der Waals surface area contributed by atoms with E-state index in [-0.39, 0.29) is 0 Å². The van der Waals surface area contributed by atoms with Gasteiger partial charge in [-0.3, -0.25) is 9.59 Å². The molecule has 0 aliphatic carbocycles. The summed E-state index contributed by atoms with van der Waals surface area (Å²) in [5.41, 5.74) is 5.78. The van der Waals surface area contributed by atoms with Gasteiger partial charge < -0.3 is 10.5 Å². The molecule has 0 saturated carbocycles. The third kappa shape index (κ3) is 4.26. The van der Waals surface area contributed by atoms with Gasteiger partial charge in [0.1, 0.15) is 12.0 Å². The first-order valence-electron chi connectivity index (χ1n) is 5.68. The Morgan fingerprint density at radius 2 is 2.29 bits per heavy atom. The molecule has 0 bridgehead atoms. The van der Waals surface area contributed by atoms with Crippen LogP contribution in [0.25, 0.3) is 0 Å². The summed E-state index contributed by atoms with van der Waals surface area (Å²) in [6.45, 7) is 2.03. The Balaban J connectivity index is 2.71. The number of rotatable bonds is 7. The average Bonchev–Trinajstić information content (AvgIpc) is 2.34. The van der Waals surface area contributed by atoms with E-state index in [2.05, 4.69) is 0 Å². The van der Waals surface area contributed by atoms with Crippen molar-refractivity contribution in [3.8, 4) is 5.75 Å². The van der Waals surface area contributed by atoms with Crippen molar-refractivity contribution in [3.63, 3.8) is 0 Å². The monoisotopic (exact) mass is 235 g/mol. The molecule has 4 heteroatoms. The van der Waals surface area contributed by atoms with Crippen molar-refractivity contribution in [3.05, 3.63) is 29.8 Å². The molecule has 0 fully saturated rings. The van der Waals surface area contributed by atoms with Gasteiger partial charge in [-0.1, -0.05) is 25.5 Å². The van der Waals surface area contributed by atoms with Crippen molar-refractivity contribution in [2.45, 2.75) is 32.3 Å². The maximum absolute atomic E-state index is 11.2. The fourth-order valence-electron chi connectivity index (χ4n) is 1.47. The van der Waals surface area contributed by atoms with E-state index in [0.29, 0.717) is 17.7 Å². The van der Waals surface area contributed by atoms with Crippen molar-refractivity contribution in [2.75, 3.05) is 0 Å². The lowest BCUT2D eigenvalue weighted by Crippen LogP contribution is -2.33. The quantitative estimate of drug-likeness (QED) is 0.734. The molecule has 0 radical (unpaired) electrons. The molecule has 1 atom stereocenters. The van der Waals surface area contributed by atoms with Crippen LogP contribution >= 0.6 is 0 Å². The number of benzene rings is 1. The Morgan fingerprint density at radius 1 is 1.53 bits per heavy atom. The molecule has 4 nitrogen and oxygen atoms in total. The van der Waals surface area contributed by atoms with Gasteiger partial charge in [-0.25, -0.2) is 0 Å². The molecule has 0 aliphatic heterocycles. The molecule has 0 aliphatic rings. The van der Waals surface area contributed by atoms with E-state index in [9.17, 15) is 9.59 Å². The summed E-state index contributed by atoms with van der Waals surface area (Å²) >= 11 is 0. The highest BCUT2D eigenvalue weighted by molar-refractivity contribution is 5.79. The second-order valence-corrected chi connectivity index (χ2v) is 3.84. The van der Waals surface area contributed by atoms with Gasteiger partial charge in [-0.05, 0) is 25.0 Å². The molecule has 1 amide bonds. The van der Waals surface area contributed by atoms with Gasteiger partial charge in [-0.2, -0.15) is 0 Å². The second-order valence-electron chi connectivity index (χ2n) is 3.84. The number of aldehydes is 1. The fourth-order valence-corrected chi connectivity index (χ4v) is 1.47. The maximum atomic E-state index is 11.2. The lowest BCUT2D eigenvalue weighted by atomic mass is 10.1. The smallest absolute Gasteiger partial charge is 0.258 e. The van der Waals surface area contributed by atoms with Crippen LogP contribution in [0, 0.1) is 0 Å². The van der Waals surface area contributed by atoms with Crippen molar-refractivity contribution in [1.82, 2.24) is 0 Å². The first-order valence-corrected chi connectivity index (χ1v) is 5.68. The van der Waals surface area contributed by atoms with Gasteiger partial charge in [0.15, 0.2) is 6.10 Å². The Labute approximate surface area is 101 Å². The van der Waals surface area contributed by atoms with E-state index in [0.717, 1.165) is 19.1 Å². The predicted molar refractivity (Wildman–Crippen MR) is 65.0 cm³/mol. The number of carbonyl (C=O) groups is 2. The zero-order valence-electron chi connectivity index (χ0n) is 9.89. The molecule has 0 saturated heterocycles. The molecule has 0 spiro atoms. The summed E-state index contributed by atoms with van der Waals surface area (Å²) in [5.74, 6) is 0.0180. The highest BCUT2D eigenvalue weighted by atomic mass is 16.5. The van der Waals surface area contributed by atoms with Crippen molar-refractivity contribution in [1.29, 1.82) is 0 Å². The lowest BCUT2D eigenvalue weighted by molar-refractivity contribution is -0.125. The minimum atomic E-state index is -0.628. The van der Waals surface area contributed by atoms with Gasteiger partial charge >= 0.3 is 0 Å². The zero-order valence-corrected chi connectivity index (χ0v) is 9.89. The first-order chi connectivity index (χ1) is 8.17. The number of unbranched alkanes of at least 4 members (excludes halogenated alkanes) is 1. The molecule has 92 valence electrons. The van der Waals surface area contributed by atoms with Crippen LogP contribution in [-0.2, 0) is 4.79 Å².